The van der Waals surface area contributed by atoms with E-state index in [-0.39, 0.29) is 24.4 Å². The summed E-state index contributed by atoms with van der Waals surface area (Å²) in [5, 5.41) is 9.30. The maximum absolute atomic E-state index is 12.9. The van der Waals surface area contributed by atoms with Crippen molar-refractivity contribution in [2.75, 3.05) is 13.2 Å². The van der Waals surface area contributed by atoms with E-state index in [4.69, 9.17) is 9.47 Å². The first-order valence-corrected chi connectivity index (χ1v) is 9.83. The molecule has 0 bridgehead atoms. The Morgan fingerprint density at radius 2 is 1.73 bits per heavy atom. The SMILES string of the molecule is CCOC(=O)C1=C(C)N=C(C)C(C(=O)OCC)C1c1ccccc1C=C(C)C(=O)O. The van der Waals surface area contributed by atoms with Crippen molar-refractivity contribution in [1.29, 1.82) is 0 Å². The van der Waals surface area contributed by atoms with Gasteiger partial charge in [0.1, 0.15) is 5.92 Å². The summed E-state index contributed by atoms with van der Waals surface area (Å²) in [7, 11) is 0. The summed E-state index contributed by atoms with van der Waals surface area (Å²) in [5.41, 5.74) is 2.63. The Labute approximate surface area is 176 Å². The van der Waals surface area contributed by atoms with Gasteiger partial charge in [0, 0.05) is 22.9 Å². The molecule has 2 unspecified atom stereocenters. The lowest BCUT2D eigenvalue weighted by atomic mass is 9.74. The molecule has 2 rings (SSSR count). The molecule has 7 nitrogen and oxygen atoms in total. The van der Waals surface area contributed by atoms with Crippen LogP contribution in [0.25, 0.3) is 6.08 Å². The van der Waals surface area contributed by atoms with Crippen molar-refractivity contribution >= 4 is 29.7 Å². The summed E-state index contributed by atoms with van der Waals surface area (Å²) in [6.45, 7) is 8.69. The van der Waals surface area contributed by atoms with Crippen LogP contribution in [0.2, 0.25) is 0 Å². The highest BCUT2D eigenvalue weighted by Crippen LogP contribution is 2.41. The number of benzene rings is 1. The average molecular weight is 413 g/mol. The number of rotatable bonds is 7. The number of nitrogens with zero attached hydrogens (tertiary/aromatic N) is 1. The van der Waals surface area contributed by atoms with Gasteiger partial charge in [0.05, 0.1) is 18.8 Å². The second kappa shape index (κ2) is 10.0. The molecule has 2 atom stereocenters. The molecule has 1 heterocycles. The van der Waals surface area contributed by atoms with Crippen LogP contribution in [0.15, 0.2) is 46.1 Å². The van der Waals surface area contributed by atoms with E-state index in [2.05, 4.69) is 4.99 Å². The third kappa shape index (κ3) is 4.84. The van der Waals surface area contributed by atoms with Gasteiger partial charge in [-0.1, -0.05) is 24.3 Å². The van der Waals surface area contributed by atoms with Crippen LogP contribution in [-0.4, -0.2) is 41.9 Å². The van der Waals surface area contributed by atoms with Crippen LogP contribution in [0.1, 0.15) is 51.7 Å². The predicted molar refractivity (Wildman–Crippen MR) is 113 cm³/mol. The van der Waals surface area contributed by atoms with E-state index in [1.54, 1.807) is 52.0 Å². The van der Waals surface area contributed by atoms with Crippen molar-refractivity contribution < 1.29 is 29.0 Å². The van der Waals surface area contributed by atoms with Crippen LogP contribution in [0.4, 0.5) is 0 Å². The molecule has 0 aromatic heterocycles. The van der Waals surface area contributed by atoms with Crippen LogP contribution in [-0.2, 0) is 23.9 Å². The number of hydrogen-bond acceptors (Lipinski definition) is 6. The van der Waals surface area contributed by atoms with Gasteiger partial charge in [0.2, 0.25) is 0 Å². The van der Waals surface area contributed by atoms with Crippen LogP contribution in [0, 0.1) is 5.92 Å². The van der Waals surface area contributed by atoms with Crippen molar-refractivity contribution in [3.63, 3.8) is 0 Å². The second-order valence-electron chi connectivity index (χ2n) is 6.94. The largest absolute Gasteiger partial charge is 0.478 e. The van der Waals surface area contributed by atoms with E-state index in [0.717, 1.165) is 0 Å². The third-order valence-corrected chi connectivity index (χ3v) is 4.90. The highest BCUT2D eigenvalue weighted by Gasteiger charge is 2.43. The molecule has 1 aliphatic rings. The minimum absolute atomic E-state index is 0.134. The van der Waals surface area contributed by atoms with Crippen molar-refractivity contribution in [3.05, 3.63) is 52.2 Å². The van der Waals surface area contributed by atoms with E-state index in [9.17, 15) is 19.5 Å². The molecule has 30 heavy (non-hydrogen) atoms. The molecule has 1 aromatic carbocycles. The van der Waals surface area contributed by atoms with Crippen molar-refractivity contribution in [2.24, 2.45) is 10.9 Å². The van der Waals surface area contributed by atoms with Gasteiger partial charge in [-0.15, -0.1) is 0 Å². The maximum atomic E-state index is 12.9. The molecule has 1 aromatic rings. The molecule has 1 aliphatic heterocycles. The standard InChI is InChI=1S/C23H27NO6/c1-6-29-22(27)18-14(4)24-15(5)19(23(28)30-7-2)20(18)17-11-9-8-10-16(17)12-13(3)21(25)26/h8-12,18,20H,6-7H2,1-5H3,(H,25,26). The van der Waals surface area contributed by atoms with Gasteiger partial charge in [-0.3, -0.25) is 9.79 Å². The highest BCUT2D eigenvalue weighted by molar-refractivity contribution is 6.07. The summed E-state index contributed by atoms with van der Waals surface area (Å²) < 4.78 is 10.5. The predicted octanol–water partition coefficient (Wildman–Crippen LogP) is 3.75. The van der Waals surface area contributed by atoms with Crippen LogP contribution in [0.3, 0.4) is 0 Å². The smallest absolute Gasteiger partial charge is 0.336 e. The second-order valence-corrected chi connectivity index (χ2v) is 6.94. The summed E-state index contributed by atoms with van der Waals surface area (Å²) in [6, 6.07) is 7.09. The van der Waals surface area contributed by atoms with Gasteiger partial charge < -0.3 is 14.6 Å². The molecule has 0 spiro atoms. The number of hydrogen-bond donors (Lipinski definition) is 1. The monoisotopic (exact) mass is 413 g/mol. The number of carbonyl (C=O) groups is 3. The molecule has 0 saturated heterocycles. The fraction of sp³-hybridized carbons (Fsp3) is 0.391. The van der Waals surface area contributed by atoms with E-state index in [0.29, 0.717) is 22.5 Å². The maximum Gasteiger partial charge on any atom is 0.336 e. The van der Waals surface area contributed by atoms with Gasteiger partial charge in [-0.25, -0.2) is 9.59 Å². The Morgan fingerprint density at radius 1 is 1.10 bits per heavy atom. The molecule has 0 aliphatic carbocycles. The Balaban J connectivity index is 2.77. The lowest BCUT2D eigenvalue weighted by Crippen LogP contribution is -2.37. The van der Waals surface area contributed by atoms with Crippen molar-refractivity contribution in [1.82, 2.24) is 0 Å². The fourth-order valence-electron chi connectivity index (χ4n) is 3.61. The zero-order valence-corrected chi connectivity index (χ0v) is 17.9. The number of carbonyl (C=O) groups excluding carboxylic acids is 2. The van der Waals surface area contributed by atoms with Crippen LogP contribution in [0.5, 0.6) is 0 Å². The van der Waals surface area contributed by atoms with Gasteiger partial charge in [0.15, 0.2) is 0 Å². The van der Waals surface area contributed by atoms with E-state index < -0.39 is 29.7 Å². The zero-order valence-electron chi connectivity index (χ0n) is 17.9. The fourth-order valence-corrected chi connectivity index (χ4v) is 3.61. The lowest BCUT2D eigenvalue weighted by Gasteiger charge is -2.32. The minimum atomic E-state index is -1.05. The topological polar surface area (TPSA) is 102 Å². The first-order chi connectivity index (χ1) is 14.2. The number of carboxylic acid groups (broad SMARTS) is 1. The number of aliphatic carboxylic acids is 1. The summed E-state index contributed by atoms with van der Waals surface area (Å²) >= 11 is 0. The number of carboxylic acids is 1. The van der Waals surface area contributed by atoms with E-state index in [1.807, 2.05) is 0 Å². The van der Waals surface area contributed by atoms with E-state index in [1.165, 1.54) is 13.0 Å². The molecule has 0 saturated carbocycles. The Bertz CT molecular complexity index is 941. The first-order valence-electron chi connectivity index (χ1n) is 9.83. The molecule has 1 N–H and O–H groups in total. The molecule has 0 amide bonds. The van der Waals surface area contributed by atoms with Gasteiger partial charge in [0.25, 0.3) is 0 Å². The Kier molecular flexibility index (Phi) is 7.69. The summed E-state index contributed by atoms with van der Waals surface area (Å²) in [6.07, 6.45) is 1.53. The van der Waals surface area contributed by atoms with Crippen molar-refractivity contribution in [3.8, 4) is 0 Å². The van der Waals surface area contributed by atoms with Gasteiger partial charge in [-0.2, -0.15) is 0 Å². The zero-order chi connectivity index (χ0) is 22.4. The molecule has 160 valence electrons. The van der Waals surface area contributed by atoms with Crippen LogP contribution >= 0.6 is 0 Å². The first kappa shape index (κ1) is 23.1. The van der Waals surface area contributed by atoms with Gasteiger partial charge >= 0.3 is 17.9 Å². The van der Waals surface area contributed by atoms with Crippen LogP contribution < -0.4 is 0 Å². The highest BCUT2D eigenvalue weighted by atomic mass is 16.5. The summed E-state index contributed by atoms with van der Waals surface area (Å²) in [4.78, 5) is 41.5. The third-order valence-electron chi connectivity index (χ3n) is 4.90. The quantitative estimate of drug-likeness (QED) is 0.539. The molecule has 0 fully saturated rings. The average Bonchev–Trinajstić information content (AvgIpc) is 2.67. The number of aliphatic imine (C=N–C) groups is 1. The molecular weight excluding hydrogens is 386 g/mol. The Hall–Kier alpha value is -3.22. The lowest BCUT2D eigenvalue weighted by molar-refractivity contribution is -0.146. The minimum Gasteiger partial charge on any atom is -0.478 e. The number of esters is 2. The molecule has 0 radical (unpaired) electrons. The summed E-state index contributed by atoms with van der Waals surface area (Å²) in [5.74, 6) is -3.64. The molecule has 7 heteroatoms. The van der Waals surface area contributed by atoms with Gasteiger partial charge in [-0.05, 0) is 51.8 Å². The molecular formula is C23H27NO6. The normalized spacial score (nSPS) is 19.2. The number of ether oxygens (including phenoxy) is 2. The van der Waals surface area contributed by atoms with Crippen molar-refractivity contribution in [2.45, 2.75) is 40.5 Å². The van der Waals surface area contributed by atoms with E-state index >= 15 is 0 Å². The number of allylic oxidation sites excluding steroid dienone is 1. The Morgan fingerprint density at radius 3 is 2.33 bits per heavy atom.